The zero-order valence-corrected chi connectivity index (χ0v) is 8.32. The summed E-state index contributed by atoms with van der Waals surface area (Å²) in [4.78, 5) is 31.7. The van der Waals surface area contributed by atoms with Gasteiger partial charge >= 0.3 is 0 Å². The summed E-state index contributed by atoms with van der Waals surface area (Å²) in [6.45, 7) is 1.13. The van der Waals surface area contributed by atoms with E-state index in [4.69, 9.17) is 4.74 Å². The van der Waals surface area contributed by atoms with Gasteiger partial charge < -0.3 is 15.4 Å². The number of rotatable bonds is 4. The molecular weight excluding hydrogens is 200 g/mol. The molecule has 0 unspecified atom stereocenters. The number of nitrogens with one attached hydrogen (secondary N) is 2. The Bertz CT molecular complexity index is 248. The smallest absolute Gasteiger partial charge is 0.284 e. The summed E-state index contributed by atoms with van der Waals surface area (Å²) >= 11 is 0. The quantitative estimate of drug-likeness (QED) is 0.445. The molecule has 0 saturated carbocycles. The average molecular weight is 214 g/mol. The number of hydrogen-bond acceptors (Lipinski definition) is 4. The van der Waals surface area contributed by atoms with E-state index in [1.54, 1.807) is 0 Å². The van der Waals surface area contributed by atoms with Crippen LogP contribution in [-0.2, 0) is 19.1 Å². The van der Waals surface area contributed by atoms with Crippen molar-refractivity contribution in [1.29, 1.82) is 0 Å². The average Bonchev–Trinajstić information content (AvgIpc) is 2.27. The van der Waals surface area contributed by atoms with Crippen LogP contribution in [0.5, 0.6) is 0 Å². The second-order valence-electron chi connectivity index (χ2n) is 3.29. The minimum Gasteiger partial charge on any atom is -0.381 e. The second-order valence-corrected chi connectivity index (χ2v) is 3.29. The molecular formula is C9H14N2O4. The molecule has 0 aliphatic carbocycles. The first-order chi connectivity index (χ1) is 7.22. The van der Waals surface area contributed by atoms with E-state index in [0.29, 0.717) is 13.2 Å². The molecule has 0 aromatic carbocycles. The number of hydrogen-bond donors (Lipinski definition) is 2. The topological polar surface area (TPSA) is 84.5 Å². The Morgan fingerprint density at radius 2 is 2.00 bits per heavy atom. The fourth-order valence-electron chi connectivity index (χ4n) is 1.33. The molecule has 1 saturated heterocycles. The van der Waals surface area contributed by atoms with Crippen molar-refractivity contribution in [3.63, 3.8) is 0 Å². The van der Waals surface area contributed by atoms with Crippen molar-refractivity contribution in [3.8, 4) is 0 Å². The highest BCUT2D eigenvalue weighted by atomic mass is 16.5. The molecule has 1 fully saturated rings. The number of carbonyl (C=O) groups is 3. The first-order valence-electron chi connectivity index (χ1n) is 4.82. The number of carbonyl (C=O) groups excluding carboxylic acids is 3. The standard InChI is InChI=1S/C9H14N2O4/c12-6-9(14)10-5-8(13)11-7-1-3-15-4-2-7/h6-7H,1-5H2,(H,10,14)(H,11,13). The largest absolute Gasteiger partial charge is 0.381 e. The van der Waals surface area contributed by atoms with Crippen LogP contribution in [0.15, 0.2) is 0 Å². The van der Waals surface area contributed by atoms with Gasteiger partial charge in [0.15, 0.2) is 0 Å². The maximum atomic E-state index is 11.2. The summed E-state index contributed by atoms with van der Waals surface area (Å²) in [5, 5.41) is 4.92. The van der Waals surface area contributed by atoms with E-state index in [2.05, 4.69) is 10.6 Å². The summed E-state index contributed by atoms with van der Waals surface area (Å²) in [5.41, 5.74) is 0. The minimum atomic E-state index is -0.780. The predicted molar refractivity (Wildman–Crippen MR) is 51.1 cm³/mol. The molecule has 0 aromatic heterocycles. The maximum absolute atomic E-state index is 11.2. The molecule has 1 aliphatic heterocycles. The van der Waals surface area contributed by atoms with Crippen molar-refractivity contribution in [2.75, 3.05) is 19.8 Å². The number of aldehydes is 1. The SMILES string of the molecule is O=CC(=O)NCC(=O)NC1CCOCC1. The van der Waals surface area contributed by atoms with E-state index in [1.165, 1.54) is 0 Å². The third kappa shape index (κ3) is 4.55. The predicted octanol–water partition coefficient (Wildman–Crippen LogP) is -1.40. The molecule has 0 radical (unpaired) electrons. The molecule has 0 spiro atoms. The first-order valence-corrected chi connectivity index (χ1v) is 4.82. The van der Waals surface area contributed by atoms with Gasteiger partial charge in [0.2, 0.25) is 12.2 Å². The van der Waals surface area contributed by atoms with Crippen molar-refractivity contribution in [3.05, 3.63) is 0 Å². The van der Waals surface area contributed by atoms with E-state index in [-0.39, 0.29) is 24.8 Å². The van der Waals surface area contributed by atoms with Crippen LogP contribution in [0.2, 0.25) is 0 Å². The van der Waals surface area contributed by atoms with Crippen LogP contribution < -0.4 is 10.6 Å². The Morgan fingerprint density at radius 1 is 1.33 bits per heavy atom. The summed E-state index contributed by atoms with van der Waals surface area (Å²) in [7, 11) is 0. The number of ether oxygens (including phenoxy) is 1. The lowest BCUT2D eigenvalue weighted by molar-refractivity contribution is -0.132. The molecule has 84 valence electrons. The Balaban J connectivity index is 2.17. The van der Waals surface area contributed by atoms with Gasteiger partial charge in [-0.25, -0.2) is 0 Å². The second kappa shape index (κ2) is 6.13. The van der Waals surface area contributed by atoms with Crippen molar-refractivity contribution in [1.82, 2.24) is 10.6 Å². The molecule has 0 aromatic rings. The minimum absolute atomic E-state index is 0.111. The molecule has 1 aliphatic rings. The summed E-state index contributed by atoms with van der Waals surface area (Å²) < 4.78 is 5.13. The van der Waals surface area contributed by atoms with Crippen LogP contribution in [0.3, 0.4) is 0 Å². The first kappa shape index (κ1) is 11.6. The monoisotopic (exact) mass is 214 g/mol. The fraction of sp³-hybridized carbons (Fsp3) is 0.667. The van der Waals surface area contributed by atoms with Gasteiger partial charge in [-0.1, -0.05) is 0 Å². The lowest BCUT2D eigenvalue weighted by Gasteiger charge is -2.22. The highest BCUT2D eigenvalue weighted by Gasteiger charge is 2.15. The summed E-state index contributed by atoms with van der Waals surface area (Å²) in [6, 6.07) is 0.111. The third-order valence-corrected chi connectivity index (χ3v) is 2.12. The van der Waals surface area contributed by atoms with E-state index < -0.39 is 5.91 Å². The Kier molecular flexibility index (Phi) is 4.76. The van der Waals surface area contributed by atoms with Crippen LogP contribution in [0, 0.1) is 0 Å². The highest BCUT2D eigenvalue weighted by molar-refractivity contribution is 6.24. The van der Waals surface area contributed by atoms with E-state index in [9.17, 15) is 14.4 Å². The highest BCUT2D eigenvalue weighted by Crippen LogP contribution is 2.05. The van der Waals surface area contributed by atoms with Crippen LogP contribution in [0.25, 0.3) is 0 Å². The van der Waals surface area contributed by atoms with Gasteiger partial charge in [-0.15, -0.1) is 0 Å². The lowest BCUT2D eigenvalue weighted by atomic mass is 10.1. The van der Waals surface area contributed by atoms with Crippen LogP contribution in [0.1, 0.15) is 12.8 Å². The van der Waals surface area contributed by atoms with Gasteiger partial charge in [0, 0.05) is 19.3 Å². The summed E-state index contributed by atoms with van der Waals surface area (Å²) in [5.74, 6) is -1.06. The molecule has 15 heavy (non-hydrogen) atoms. The zero-order chi connectivity index (χ0) is 11.1. The van der Waals surface area contributed by atoms with Crippen LogP contribution >= 0.6 is 0 Å². The van der Waals surface area contributed by atoms with E-state index in [0.717, 1.165) is 12.8 Å². The molecule has 6 heteroatoms. The van der Waals surface area contributed by atoms with Gasteiger partial charge in [-0.05, 0) is 12.8 Å². The molecule has 2 N–H and O–H groups in total. The molecule has 1 rings (SSSR count). The van der Waals surface area contributed by atoms with Crippen molar-refractivity contribution in [2.24, 2.45) is 0 Å². The van der Waals surface area contributed by atoms with Crippen LogP contribution in [-0.4, -0.2) is 43.9 Å². The van der Waals surface area contributed by atoms with Crippen molar-refractivity contribution < 1.29 is 19.1 Å². The zero-order valence-electron chi connectivity index (χ0n) is 8.32. The third-order valence-electron chi connectivity index (χ3n) is 2.12. The van der Waals surface area contributed by atoms with Crippen LogP contribution in [0.4, 0.5) is 0 Å². The van der Waals surface area contributed by atoms with Gasteiger partial charge in [-0.2, -0.15) is 0 Å². The van der Waals surface area contributed by atoms with Gasteiger partial charge in [0.25, 0.3) is 5.91 Å². The lowest BCUT2D eigenvalue weighted by Crippen LogP contribution is -2.44. The number of amides is 2. The van der Waals surface area contributed by atoms with Crippen molar-refractivity contribution >= 4 is 18.1 Å². The molecule has 0 atom stereocenters. The van der Waals surface area contributed by atoms with E-state index >= 15 is 0 Å². The Morgan fingerprint density at radius 3 is 2.60 bits per heavy atom. The van der Waals surface area contributed by atoms with E-state index in [1.807, 2.05) is 0 Å². The Hall–Kier alpha value is -1.43. The Labute approximate surface area is 87.4 Å². The normalized spacial score (nSPS) is 16.8. The van der Waals surface area contributed by atoms with Crippen molar-refractivity contribution in [2.45, 2.75) is 18.9 Å². The van der Waals surface area contributed by atoms with Gasteiger partial charge in [0.1, 0.15) is 0 Å². The molecule has 1 heterocycles. The molecule has 2 amide bonds. The summed E-state index contributed by atoms with van der Waals surface area (Å²) in [6.07, 6.45) is 1.71. The fourth-order valence-corrected chi connectivity index (χ4v) is 1.33. The van der Waals surface area contributed by atoms with Gasteiger partial charge in [0.05, 0.1) is 6.54 Å². The van der Waals surface area contributed by atoms with Gasteiger partial charge in [-0.3, -0.25) is 14.4 Å². The molecule has 6 nitrogen and oxygen atoms in total. The molecule has 0 bridgehead atoms. The maximum Gasteiger partial charge on any atom is 0.284 e.